The average Bonchev–Trinajstić information content (AvgIpc) is 2.57. The smallest absolute Gasteiger partial charge is 0.241 e. The van der Waals surface area contributed by atoms with Crippen LogP contribution in [0.3, 0.4) is 0 Å². The van der Waals surface area contributed by atoms with Crippen molar-refractivity contribution in [3.8, 4) is 5.88 Å². The van der Waals surface area contributed by atoms with E-state index in [9.17, 15) is 9.59 Å². The molecule has 2 fully saturated rings. The number of nitrogens with one attached hydrogen (secondary N) is 2. The van der Waals surface area contributed by atoms with E-state index in [1.54, 1.807) is 18.3 Å². The first-order valence-electron chi connectivity index (χ1n) is 7.50. The number of hydrogen-bond acceptors (Lipinski definition) is 6. The molecule has 0 radical (unpaired) electrons. The lowest BCUT2D eigenvalue weighted by atomic mass is 10.0. The van der Waals surface area contributed by atoms with Gasteiger partial charge in [-0.3, -0.25) is 15.0 Å². The van der Waals surface area contributed by atoms with Crippen molar-refractivity contribution < 1.29 is 14.3 Å². The number of likely N-dealkylation sites (tertiary alicyclic amines) is 1. The molecule has 0 aromatic carbocycles. The summed E-state index contributed by atoms with van der Waals surface area (Å²) >= 11 is 0. The Morgan fingerprint density at radius 3 is 2.77 bits per heavy atom. The maximum atomic E-state index is 12.4. The first-order chi connectivity index (χ1) is 10.7. The summed E-state index contributed by atoms with van der Waals surface area (Å²) in [6.45, 7) is 1.30. The Morgan fingerprint density at radius 1 is 1.32 bits per heavy atom. The predicted octanol–water partition coefficient (Wildman–Crippen LogP) is -0.370. The number of hydrazine groups is 1. The fourth-order valence-electron chi connectivity index (χ4n) is 2.70. The Morgan fingerprint density at radius 2 is 2.14 bits per heavy atom. The van der Waals surface area contributed by atoms with Crippen LogP contribution in [0.25, 0.3) is 0 Å². The number of amides is 2. The van der Waals surface area contributed by atoms with Crippen molar-refractivity contribution in [2.75, 3.05) is 13.1 Å². The number of piperidine rings is 1. The summed E-state index contributed by atoms with van der Waals surface area (Å²) in [7, 11) is 0. The first-order valence-corrected chi connectivity index (χ1v) is 7.50. The van der Waals surface area contributed by atoms with Gasteiger partial charge in [0.05, 0.1) is 0 Å². The molecule has 2 aliphatic heterocycles. The molecule has 1 aromatic heterocycles. The highest BCUT2D eigenvalue weighted by Gasteiger charge is 2.31. The average molecular weight is 305 g/mol. The lowest BCUT2D eigenvalue weighted by Crippen LogP contribution is -2.57. The summed E-state index contributed by atoms with van der Waals surface area (Å²) in [4.78, 5) is 25.3. The van der Waals surface area contributed by atoms with Crippen molar-refractivity contribution in [3.63, 3.8) is 0 Å². The van der Waals surface area contributed by atoms with Gasteiger partial charge in [0.25, 0.3) is 0 Å². The van der Waals surface area contributed by atoms with Crippen molar-refractivity contribution >= 4 is 11.8 Å². The second-order valence-corrected chi connectivity index (χ2v) is 5.49. The van der Waals surface area contributed by atoms with Gasteiger partial charge in [-0.25, -0.2) is 5.43 Å². The van der Waals surface area contributed by atoms with Crippen molar-refractivity contribution in [3.05, 3.63) is 18.3 Å². The van der Waals surface area contributed by atoms with Gasteiger partial charge < -0.3 is 9.64 Å². The summed E-state index contributed by atoms with van der Waals surface area (Å²) in [5.74, 6) is 0.488. The summed E-state index contributed by atoms with van der Waals surface area (Å²) in [6, 6.07) is 3.23. The topological polar surface area (TPSA) is 96.5 Å². The molecule has 2 saturated heterocycles. The second kappa shape index (κ2) is 6.69. The molecule has 22 heavy (non-hydrogen) atoms. The molecule has 1 unspecified atom stereocenters. The summed E-state index contributed by atoms with van der Waals surface area (Å²) < 4.78 is 5.76. The summed E-state index contributed by atoms with van der Waals surface area (Å²) in [5, 5.41) is 7.68. The van der Waals surface area contributed by atoms with Gasteiger partial charge in [-0.05, 0) is 12.5 Å². The molecule has 8 heteroatoms. The Hall–Kier alpha value is -2.22. The van der Waals surface area contributed by atoms with E-state index in [2.05, 4.69) is 21.0 Å². The molecule has 3 rings (SSSR count). The third-order valence-electron chi connectivity index (χ3n) is 3.93. The Balaban J connectivity index is 1.47. The largest absolute Gasteiger partial charge is 0.473 e. The van der Waals surface area contributed by atoms with E-state index in [0.717, 1.165) is 12.8 Å². The van der Waals surface area contributed by atoms with Crippen LogP contribution >= 0.6 is 0 Å². The maximum absolute atomic E-state index is 12.4. The predicted molar refractivity (Wildman–Crippen MR) is 76.6 cm³/mol. The standard InChI is InChI=1S/C14H19N5O3/c20-12-4-3-11(16-17-12)14(21)19-8-5-10(6-9-19)22-13-2-1-7-15-18-13/h1-2,7,10-11,16H,3-6,8-9H2,(H,17,20). The van der Waals surface area contributed by atoms with E-state index in [1.807, 2.05) is 4.90 Å². The summed E-state index contributed by atoms with van der Waals surface area (Å²) in [5.41, 5.74) is 5.29. The fraction of sp³-hybridized carbons (Fsp3) is 0.571. The maximum Gasteiger partial charge on any atom is 0.241 e. The number of carbonyl (C=O) groups excluding carboxylic acids is 2. The monoisotopic (exact) mass is 305 g/mol. The van der Waals surface area contributed by atoms with E-state index in [4.69, 9.17) is 4.74 Å². The third-order valence-corrected chi connectivity index (χ3v) is 3.93. The van der Waals surface area contributed by atoms with Crippen LogP contribution in [0.2, 0.25) is 0 Å². The Labute approximate surface area is 128 Å². The van der Waals surface area contributed by atoms with E-state index in [0.29, 0.717) is 31.8 Å². The van der Waals surface area contributed by atoms with E-state index >= 15 is 0 Å². The number of carbonyl (C=O) groups is 2. The molecule has 2 aliphatic rings. The molecule has 0 saturated carbocycles. The molecule has 8 nitrogen and oxygen atoms in total. The van der Waals surface area contributed by atoms with Crippen LogP contribution in [-0.2, 0) is 9.59 Å². The second-order valence-electron chi connectivity index (χ2n) is 5.49. The van der Waals surface area contributed by atoms with E-state index in [1.165, 1.54) is 0 Å². The number of hydrogen-bond donors (Lipinski definition) is 2. The molecule has 3 heterocycles. The quantitative estimate of drug-likeness (QED) is 0.791. The van der Waals surface area contributed by atoms with Crippen LogP contribution < -0.4 is 15.6 Å². The zero-order valence-corrected chi connectivity index (χ0v) is 12.2. The minimum atomic E-state index is -0.324. The lowest BCUT2D eigenvalue weighted by molar-refractivity contribution is -0.138. The van der Waals surface area contributed by atoms with E-state index in [-0.39, 0.29) is 24.0 Å². The van der Waals surface area contributed by atoms with Gasteiger partial charge in [0.1, 0.15) is 12.1 Å². The minimum Gasteiger partial charge on any atom is -0.473 e. The molecule has 1 atom stereocenters. The molecular formula is C14H19N5O3. The van der Waals surface area contributed by atoms with Gasteiger partial charge in [0, 0.05) is 44.6 Å². The van der Waals surface area contributed by atoms with Gasteiger partial charge in [-0.2, -0.15) is 5.10 Å². The number of rotatable bonds is 3. The highest BCUT2D eigenvalue weighted by molar-refractivity contribution is 5.85. The van der Waals surface area contributed by atoms with E-state index < -0.39 is 0 Å². The van der Waals surface area contributed by atoms with Gasteiger partial charge in [0.2, 0.25) is 17.7 Å². The number of nitrogens with zero attached hydrogens (tertiary/aromatic N) is 3. The van der Waals surface area contributed by atoms with Crippen LogP contribution in [0, 0.1) is 0 Å². The van der Waals surface area contributed by atoms with Gasteiger partial charge in [-0.15, -0.1) is 5.10 Å². The molecule has 2 N–H and O–H groups in total. The van der Waals surface area contributed by atoms with Crippen LogP contribution in [0.5, 0.6) is 5.88 Å². The number of aromatic nitrogens is 2. The Bertz CT molecular complexity index is 521. The first kappa shape index (κ1) is 14.7. The fourth-order valence-corrected chi connectivity index (χ4v) is 2.70. The van der Waals surface area contributed by atoms with Crippen LogP contribution in [0.15, 0.2) is 18.3 Å². The van der Waals surface area contributed by atoms with Gasteiger partial charge in [-0.1, -0.05) is 0 Å². The van der Waals surface area contributed by atoms with Gasteiger partial charge in [0.15, 0.2) is 0 Å². The highest BCUT2D eigenvalue weighted by atomic mass is 16.5. The number of ether oxygens (including phenoxy) is 1. The molecular weight excluding hydrogens is 286 g/mol. The van der Waals surface area contributed by atoms with Crippen molar-refractivity contribution in [2.24, 2.45) is 0 Å². The molecule has 0 aliphatic carbocycles. The van der Waals surface area contributed by atoms with Crippen LogP contribution in [0.1, 0.15) is 25.7 Å². The minimum absolute atomic E-state index is 0.0398. The molecule has 0 bridgehead atoms. The van der Waals surface area contributed by atoms with Gasteiger partial charge >= 0.3 is 0 Å². The molecule has 1 aromatic rings. The molecule has 118 valence electrons. The van der Waals surface area contributed by atoms with Crippen LogP contribution in [-0.4, -0.2) is 52.1 Å². The van der Waals surface area contributed by atoms with Crippen molar-refractivity contribution in [1.82, 2.24) is 25.9 Å². The third kappa shape index (κ3) is 3.51. The normalized spacial score (nSPS) is 23.0. The zero-order valence-electron chi connectivity index (χ0n) is 12.2. The molecule has 2 amide bonds. The lowest BCUT2D eigenvalue weighted by Gasteiger charge is -2.35. The SMILES string of the molecule is O=C1CCC(C(=O)N2CCC(Oc3cccnn3)CC2)NN1. The van der Waals surface area contributed by atoms with Crippen LogP contribution in [0.4, 0.5) is 0 Å². The molecule has 0 spiro atoms. The zero-order chi connectivity index (χ0) is 15.4. The van der Waals surface area contributed by atoms with Crippen molar-refractivity contribution in [1.29, 1.82) is 0 Å². The Kier molecular flexibility index (Phi) is 4.47. The summed E-state index contributed by atoms with van der Waals surface area (Å²) in [6.07, 6.45) is 4.11. The van der Waals surface area contributed by atoms with Crippen molar-refractivity contribution in [2.45, 2.75) is 37.8 Å². The highest BCUT2D eigenvalue weighted by Crippen LogP contribution is 2.18.